The molecule has 0 aromatic heterocycles. The van der Waals surface area contributed by atoms with E-state index in [0.717, 1.165) is 6.42 Å². The number of nitrogens with two attached hydrogens (primary N) is 2. The fraction of sp³-hybridized carbons (Fsp3) is 0.529. The van der Waals surface area contributed by atoms with Gasteiger partial charge in [0.15, 0.2) is 0 Å². The second-order valence-electron chi connectivity index (χ2n) is 6.40. The van der Waals surface area contributed by atoms with Crippen molar-refractivity contribution < 1.29 is 14.3 Å². The van der Waals surface area contributed by atoms with E-state index in [2.05, 4.69) is 19.2 Å². The van der Waals surface area contributed by atoms with Crippen LogP contribution in [0, 0.1) is 5.92 Å². The van der Waals surface area contributed by atoms with Crippen molar-refractivity contribution in [3.8, 4) is 5.75 Å². The molecule has 1 unspecified atom stereocenters. The van der Waals surface area contributed by atoms with Crippen LogP contribution >= 0.6 is 12.4 Å². The quantitative estimate of drug-likeness (QED) is 0.626. The molecule has 1 rings (SSSR count). The largest absolute Gasteiger partial charge is 0.493 e. The lowest BCUT2D eigenvalue weighted by atomic mass is 9.90. The molecule has 0 spiro atoms. The molecular weight excluding hydrogens is 330 g/mol. The third-order valence-electron chi connectivity index (χ3n) is 3.49. The van der Waals surface area contributed by atoms with Crippen molar-refractivity contribution in [2.24, 2.45) is 17.4 Å². The van der Waals surface area contributed by atoms with Gasteiger partial charge < -0.3 is 21.5 Å². The van der Waals surface area contributed by atoms with Crippen LogP contribution in [0.15, 0.2) is 24.3 Å². The van der Waals surface area contributed by atoms with E-state index in [1.54, 1.807) is 24.3 Å². The summed E-state index contributed by atoms with van der Waals surface area (Å²) in [5.41, 5.74) is 11.0. The van der Waals surface area contributed by atoms with Crippen molar-refractivity contribution in [3.05, 3.63) is 29.8 Å². The molecule has 0 radical (unpaired) electrons. The number of nitrogens with one attached hydrogen (secondary N) is 1. The van der Waals surface area contributed by atoms with E-state index in [1.807, 2.05) is 6.92 Å². The first kappa shape index (κ1) is 22.2. The predicted molar refractivity (Wildman–Crippen MR) is 97.4 cm³/mol. The SMILES string of the molecule is CC(C)CC(C)(CN)NC(=O)CCOc1ccc(C(N)=O)cc1.Cl. The molecule has 0 aliphatic rings. The van der Waals surface area contributed by atoms with Gasteiger partial charge in [-0.15, -0.1) is 12.4 Å². The summed E-state index contributed by atoms with van der Waals surface area (Å²) in [5.74, 6) is 0.463. The molecule has 0 heterocycles. The molecule has 0 fully saturated rings. The fourth-order valence-electron chi connectivity index (χ4n) is 2.46. The topological polar surface area (TPSA) is 107 Å². The summed E-state index contributed by atoms with van der Waals surface area (Å²) in [7, 11) is 0. The summed E-state index contributed by atoms with van der Waals surface area (Å²) in [6.45, 7) is 6.79. The molecule has 5 N–H and O–H groups in total. The molecule has 0 aliphatic carbocycles. The molecule has 0 bridgehead atoms. The summed E-state index contributed by atoms with van der Waals surface area (Å²) in [5, 5.41) is 2.98. The Morgan fingerprint density at radius 2 is 1.83 bits per heavy atom. The number of amides is 2. The van der Waals surface area contributed by atoms with Crippen LogP contribution in [0.4, 0.5) is 0 Å². The average molecular weight is 358 g/mol. The van der Waals surface area contributed by atoms with Crippen LogP contribution in [0.25, 0.3) is 0 Å². The molecule has 136 valence electrons. The molecule has 24 heavy (non-hydrogen) atoms. The summed E-state index contributed by atoms with van der Waals surface area (Å²) < 4.78 is 5.50. The number of primary amides is 1. The van der Waals surface area contributed by atoms with Gasteiger partial charge in [-0.3, -0.25) is 9.59 Å². The number of halogens is 1. The molecule has 0 aliphatic heterocycles. The molecule has 2 amide bonds. The number of ether oxygens (including phenoxy) is 1. The van der Waals surface area contributed by atoms with E-state index in [1.165, 1.54) is 0 Å². The van der Waals surface area contributed by atoms with Crippen molar-refractivity contribution >= 4 is 24.2 Å². The van der Waals surface area contributed by atoms with Crippen LogP contribution < -0.4 is 21.5 Å². The first-order valence-electron chi connectivity index (χ1n) is 7.79. The summed E-state index contributed by atoms with van der Waals surface area (Å²) in [4.78, 5) is 23.0. The lowest BCUT2D eigenvalue weighted by Gasteiger charge is -2.31. The highest BCUT2D eigenvalue weighted by Gasteiger charge is 2.25. The first-order valence-corrected chi connectivity index (χ1v) is 7.79. The molecule has 1 aromatic carbocycles. The highest BCUT2D eigenvalue weighted by atomic mass is 35.5. The minimum absolute atomic E-state index is 0. The lowest BCUT2D eigenvalue weighted by Crippen LogP contribution is -2.52. The van der Waals surface area contributed by atoms with Gasteiger partial charge in [0.1, 0.15) is 5.75 Å². The van der Waals surface area contributed by atoms with Crippen LogP contribution in [-0.2, 0) is 4.79 Å². The number of hydrogen-bond acceptors (Lipinski definition) is 4. The van der Waals surface area contributed by atoms with E-state index >= 15 is 0 Å². The monoisotopic (exact) mass is 357 g/mol. The van der Waals surface area contributed by atoms with Crippen molar-refractivity contribution in [2.75, 3.05) is 13.2 Å². The van der Waals surface area contributed by atoms with Crippen molar-refractivity contribution in [2.45, 2.75) is 39.2 Å². The fourth-order valence-corrected chi connectivity index (χ4v) is 2.46. The summed E-state index contributed by atoms with van der Waals surface area (Å²) in [6.07, 6.45) is 1.07. The van der Waals surface area contributed by atoms with E-state index in [-0.39, 0.29) is 31.3 Å². The molecule has 7 heteroatoms. The molecule has 1 aromatic rings. The van der Waals surface area contributed by atoms with Crippen LogP contribution in [0.2, 0.25) is 0 Å². The zero-order valence-electron chi connectivity index (χ0n) is 14.5. The van der Waals surface area contributed by atoms with Gasteiger partial charge in [-0.05, 0) is 43.5 Å². The maximum atomic E-state index is 12.0. The number of carbonyl (C=O) groups excluding carboxylic acids is 2. The Hall–Kier alpha value is -1.79. The van der Waals surface area contributed by atoms with Gasteiger partial charge in [0.2, 0.25) is 11.8 Å². The van der Waals surface area contributed by atoms with Gasteiger partial charge in [0, 0.05) is 17.6 Å². The molecular formula is C17H28ClN3O3. The van der Waals surface area contributed by atoms with Gasteiger partial charge in [-0.1, -0.05) is 13.8 Å². The van der Waals surface area contributed by atoms with Gasteiger partial charge in [0.25, 0.3) is 0 Å². The second kappa shape index (κ2) is 10.2. The Balaban J connectivity index is 0.00000529. The van der Waals surface area contributed by atoms with Crippen molar-refractivity contribution in [3.63, 3.8) is 0 Å². The Kier molecular flexibility index (Phi) is 9.40. The normalized spacial score (nSPS) is 12.9. The van der Waals surface area contributed by atoms with Crippen molar-refractivity contribution in [1.82, 2.24) is 5.32 Å². The van der Waals surface area contributed by atoms with Crippen molar-refractivity contribution in [1.29, 1.82) is 0 Å². The number of rotatable bonds is 9. The number of hydrogen-bond donors (Lipinski definition) is 3. The Morgan fingerprint density at radius 3 is 2.29 bits per heavy atom. The van der Waals surface area contributed by atoms with Crippen LogP contribution in [0.5, 0.6) is 5.75 Å². The number of carbonyl (C=O) groups is 2. The summed E-state index contributed by atoms with van der Waals surface area (Å²) in [6, 6.07) is 6.49. The van der Waals surface area contributed by atoms with Crippen LogP contribution in [0.3, 0.4) is 0 Å². The minimum Gasteiger partial charge on any atom is -0.493 e. The standard InChI is InChI=1S/C17H27N3O3.ClH/c1-12(2)10-17(3,11-18)20-15(21)8-9-23-14-6-4-13(5-7-14)16(19)22;/h4-7,12H,8-11,18H2,1-3H3,(H2,19,22)(H,20,21);1H. The molecule has 0 saturated carbocycles. The van der Waals surface area contributed by atoms with Gasteiger partial charge in [0.05, 0.1) is 13.0 Å². The molecule has 6 nitrogen and oxygen atoms in total. The highest BCUT2D eigenvalue weighted by molar-refractivity contribution is 5.92. The van der Waals surface area contributed by atoms with Crippen LogP contribution in [-0.4, -0.2) is 30.5 Å². The molecule has 1 atom stereocenters. The zero-order chi connectivity index (χ0) is 17.5. The maximum Gasteiger partial charge on any atom is 0.248 e. The maximum absolute atomic E-state index is 12.0. The average Bonchev–Trinajstić information content (AvgIpc) is 2.46. The lowest BCUT2D eigenvalue weighted by molar-refractivity contribution is -0.123. The Labute approximate surface area is 149 Å². The Morgan fingerprint density at radius 1 is 1.25 bits per heavy atom. The third kappa shape index (κ3) is 7.66. The number of benzene rings is 1. The minimum atomic E-state index is -0.484. The zero-order valence-corrected chi connectivity index (χ0v) is 15.3. The van der Waals surface area contributed by atoms with Crippen LogP contribution in [0.1, 0.15) is 44.0 Å². The Bertz CT molecular complexity index is 534. The third-order valence-corrected chi connectivity index (χ3v) is 3.49. The first-order chi connectivity index (χ1) is 10.8. The second-order valence-corrected chi connectivity index (χ2v) is 6.40. The van der Waals surface area contributed by atoms with Gasteiger partial charge in [-0.2, -0.15) is 0 Å². The van der Waals surface area contributed by atoms with Gasteiger partial charge in [-0.25, -0.2) is 0 Å². The molecule has 0 saturated heterocycles. The predicted octanol–water partition coefficient (Wildman–Crippen LogP) is 1.86. The van der Waals surface area contributed by atoms with E-state index in [0.29, 0.717) is 23.8 Å². The summed E-state index contributed by atoms with van der Waals surface area (Å²) >= 11 is 0. The van der Waals surface area contributed by atoms with E-state index in [4.69, 9.17) is 16.2 Å². The highest BCUT2D eigenvalue weighted by Crippen LogP contribution is 2.16. The van der Waals surface area contributed by atoms with E-state index in [9.17, 15) is 9.59 Å². The smallest absolute Gasteiger partial charge is 0.248 e. The van der Waals surface area contributed by atoms with E-state index < -0.39 is 11.4 Å². The van der Waals surface area contributed by atoms with Gasteiger partial charge >= 0.3 is 0 Å².